The number of nitrogens with zero attached hydrogens (tertiary/aromatic N) is 1. The van der Waals surface area contributed by atoms with Crippen LogP contribution in [0.5, 0.6) is 0 Å². The second kappa shape index (κ2) is 7.59. The van der Waals surface area contributed by atoms with Crippen LogP contribution in [0.3, 0.4) is 0 Å². The second-order valence-corrected chi connectivity index (χ2v) is 5.28. The number of hydrogen-bond donors (Lipinski definition) is 1. The van der Waals surface area contributed by atoms with Crippen LogP contribution in [0, 0.1) is 0 Å². The summed E-state index contributed by atoms with van der Waals surface area (Å²) in [5.74, 6) is -0.870. The van der Waals surface area contributed by atoms with Crippen molar-refractivity contribution in [2.75, 3.05) is 25.0 Å². The van der Waals surface area contributed by atoms with E-state index in [9.17, 15) is 14.4 Å². The van der Waals surface area contributed by atoms with E-state index in [1.165, 1.54) is 6.92 Å². The number of rotatable bonds is 4. The minimum Gasteiger partial charge on any atom is -0.452 e. The molecule has 22 heavy (non-hydrogen) atoms. The van der Waals surface area contributed by atoms with Gasteiger partial charge < -0.3 is 15.0 Å². The number of benzene rings is 1. The van der Waals surface area contributed by atoms with Gasteiger partial charge >= 0.3 is 5.97 Å². The van der Waals surface area contributed by atoms with Crippen LogP contribution in [-0.2, 0) is 14.3 Å². The first-order chi connectivity index (χ1) is 10.6. The lowest BCUT2D eigenvalue weighted by Gasteiger charge is -2.26. The SMILES string of the molecule is CC(=O)Nc1ccc(C(=O)OCC(=O)N2CCCCC2)cc1. The van der Waals surface area contributed by atoms with Crippen LogP contribution in [-0.4, -0.2) is 42.4 Å². The Morgan fingerprint density at radius 3 is 2.32 bits per heavy atom. The Morgan fingerprint density at radius 2 is 1.73 bits per heavy atom. The summed E-state index contributed by atoms with van der Waals surface area (Å²) < 4.78 is 5.05. The molecule has 0 spiro atoms. The van der Waals surface area contributed by atoms with E-state index in [0.29, 0.717) is 11.3 Å². The average molecular weight is 304 g/mol. The van der Waals surface area contributed by atoms with E-state index in [-0.39, 0.29) is 18.4 Å². The van der Waals surface area contributed by atoms with Gasteiger partial charge in [-0.1, -0.05) is 0 Å². The molecule has 118 valence electrons. The maximum atomic E-state index is 11.9. The molecule has 6 nitrogen and oxygen atoms in total. The molecular weight excluding hydrogens is 284 g/mol. The molecule has 2 rings (SSSR count). The van der Waals surface area contributed by atoms with E-state index in [4.69, 9.17) is 4.74 Å². The summed E-state index contributed by atoms with van der Waals surface area (Å²) in [5, 5.41) is 2.61. The van der Waals surface area contributed by atoms with Crippen molar-refractivity contribution in [2.24, 2.45) is 0 Å². The number of ether oxygens (including phenoxy) is 1. The van der Waals surface area contributed by atoms with Gasteiger partial charge in [0.05, 0.1) is 5.56 Å². The highest BCUT2D eigenvalue weighted by atomic mass is 16.5. The highest BCUT2D eigenvalue weighted by Crippen LogP contribution is 2.12. The molecule has 0 atom stereocenters. The van der Waals surface area contributed by atoms with Crippen LogP contribution in [0.2, 0.25) is 0 Å². The number of amides is 2. The Bertz CT molecular complexity index is 548. The number of nitrogens with one attached hydrogen (secondary N) is 1. The summed E-state index contributed by atoms with van der Waals surface area (Å²) in [6, 6.07) is 6.34. The molecule has 1 heterocycles. The van der Waals surface area contributed by atoms with Gasteiger partial charge in [0.1, 0.15) is 0 Å². The van der Waals surface area contributed by atoms with Crippen LogP contribution in [0.4, 0.5) is 5.69 Å². The van der Waals surface area contributed by atoms with Gasteiger partial charge in [0.25, 0.3) is 5.91 Å². The fourth-order valence-electron chi connectivity index (χ4n) is 2.34. The lowest BCUT2D eigenvalue weighted by atomic mass is 10.1. The molecule has 0 aliphatic carbocycles. The molecule has 2 amide bonds. The number of anilines is 1. The second-order valence-electron chi connectivity index (χ2n) is 5.28. The standard InChI is InChI=1S/C16H20N2O4/c1-12(19)17-14-7-5-13(6-8-14)16(21)22-11-15(20)18-9-3-2-4-10-18/h5-8H,2-4,9-11H2,1H3,(H,17,19). The Morgan fingerprint density at radius 1 is 1.09 bits per heavy atom. The van der Waals surface area contributed by atoms with Gasteiger partial charge in [-0.25, -0.2) is 4.79 Å². The normalized spacial score (nSPS) is 14.3. The van der Waals surface area contributed by atoms with Crippen molar-refractivity contribution in [1.29, 1.82) is 0 Å². The van der Waals surface area contributed by atoms with Crippen LogP contribution in [0.25, 0.3) is 0 Å². The molecule has 1 saturated heterocycles. The Labute approximate surface area is 129 Å². The summed E-state index contributed by atoms with van der Waals surface area (Å²) in [6.45, 7) is 2.66. The zero-order chi connectivity index (χ0) is 15.9. The van der Waals surface area contributed by atoms with Gasteiger partial charge in [0.2, 0.25) is 5.91 Å². The molecule has 1 aliphatic heterocycles. The predicted octanol–water partition coefficient (Wildman–Crippen LogP) is 1.81. The summed E-state index contributed by atoms with van der Waals surface area (Å²) in [6.07, 6.45) is 3.15. The topological polar surface area (TPSA) is 75.7 Å². The average Bonchev–Trinajstić information content (AvgIpc) is 2.53. The van der Waals surface area contributed by atoms with Gasteiger partial charge in [0, 0.05) is 25.7 Å². The van der Waals surface area contributed by atoms with E-state index >= 15 is 0 Å². The van der Waals surface area contributed by atoms with Crippen molar-refractivity contribution in [3.63, 3.8) is 0 Å². The fourth-order valence-corrected chi connectivity index (χ4v) is 2.34. The molecule has 0 unspecified atom stereocenters. The number of hydrogen-bond acceptors (Lipinski definition) is 4. The summed E-state index contributed by atoms with van der Waals surface area (Å²) in [7, 11) is 0. The molecule has 1 aliphatic rings. The molecule has 1 aromatic rings. The first-order valence-corrected chi connectivity index (χ1v) is 7.39. The van der Waals surface area contributed by atoms with E-state index in [1.54, 1.807) is 29.2 Å². The molecule has 0 saturated carbocycles. The van der Waals surface area contributed by atoms with Gasteiger partial charge in [-0.15, -0.1) is 0 Å². The van der Waals surface area contributed by atoms with Crippen LogP contribution < -0.4 is 5.32 Å². The highest BCUT2D eigenvalue weighted by Gasteiger charge is 2.18. The minimum absolute atomic E-state index is 0.150. The van der Waals surface area contributed by atoms with E-state index in [1.807, 2.05) is 0 Å². The molecule has 0 bridgehead atoms. The predicted molar refractivity (Wildman–Crippen MR) is 81.5 cm³/mol. The summed E-state index contributed by atoms with van der Waals surface area (Å²) >= 11 is 0. The van der Waals surface area contributed by atoms with E-state index in [2.05, 4.69) is 5.32 Å². The quantitative estimate of drug-likeness (QED) is 0.861. The first kappa shape index (κ1) is 16.0. The molecule has 1 aromatic carbocycles. The molecule has 1 fully saturated rings. The van der Waals surface area contributed by atoms with Crippen molar-refractivity contribution in [2.45, 2.75) is 26.2 Å². The molecule has 0 radical (unpaired) electrons. The van der Waals surface area contributed by atoms with Crippen molar-refractivity contribution in [1.82, 2.24) is 4.90 Å². The number of likely N-dealkylation sites (tertiary alicyclic amines) is 1. The van der Waals surface area contributed by atoms with Gasteiger partial charge in [-0.3, -0.25) is 9.59 Å². The first-order valence-electron chi connectivity index (χ1n) is 7.39. The highest BCUT2D eigenvalue weighted by molar-refractivity contribution is 5.93. The molecular formula is C16H20N2O4. The monoisotopic (exact) mass is 304 g/mol. The third-order valence-electron chi connectivity index (χ3n) is 3.48. The lowest BCUT2D eigenvalue weighted by Crippen LogP contribution is -2.38. The molecule has 0 aromatic heterocycles. The Kier molecular flexibility index (Phi) is 5.52. The fraction of sp³-hybridized carbons (Fsp3) is 0.438. The zero-order valence-corrected chi connectivity index (χ0v) is 12.6. The summed E-state index contributed by atoms with van der Waals surface area (Å²) in [5.41, 5.74) is 0.953. The largest absolute Gasteiger partial charge is 0.452 e. The van der Waals surface area contributed by atoms with Gasteiger partial charge in [-0.05, 0) is 43.5 Å². The number of carbonyl (C=O) groups excluding carboxylic acids is 3. The third kappa shape index (κ3) is 4.58. The van der Waals surface area contributed by atoms with E-state index < -0.39 is 5.97 Å². The van der Waals surface area contributed by atoms with Crippen LogP contribution in [0.15, 0.2) is 24.3 Å². The van der Waals surface area contributed by atoms with E-state index in [0.717, 1.165) is 32.4 Å². The van der Waals surface area contributed by atoms with Crippen molar-refractivity contribution in [3.05, 3.63) is 29.8 Å². The van der Waals surface area contributed by atoms with Crippen molar-refractivity contribution >= 4 is 23.5 Å². The Balaban J connectivity index is 1.83. The van der Waals surface area contributed by atoms with Crippen molar-refractivity contribution in [3.8, 4) is 0 Å². The maximum absolute atomic E-state index is 11.9. The smallest absolute Gasteiger partial charge is 0.338 e. The molecule has 1 N–H and O–H groups in total. The van der Waals surface area contributed by atoms with Crippen LogP contribution >= 0.6 is 0 Å². The Hall–Kier alpha value is -2.37. The number of esters is 1. The third-order valence-corrected chi connectivity index (χ3v) is 3.48. The van der Waals surface area contributed by atoms with Crippen molar-refractivity contribution < 1.29 is 19.1 Å². The molecule has 6 heteroatoms. The summed E-state index contributed by atoms with van der Waals surface area (Å²) in [4.78, 5) is 36.4. The number of carbonyl (C=O) groups is 3. The van der Waals surface area contributed by atoms with Gasteiger partial charge in [0.15, 0.2) is 6.61 Å². The van der Waals surface area contributed by atoms with Gasteiger partial charge in [-0.2, -0.15) is 0 Å². The maximum Gasteiger partial charge on any atom is 0.338 e. The van der Waals surface area contributed by atoms with Crippen LogP contribution in [0.1, 0.15) is 36.5 Å². The zero-order valence-electron chi connectivity index (χ0n) is 12.6. The number of piperidine rings is 1. The minimum atomic E-state index is -0.542. The lowest BCUT2D eigenvalue weighted by molar-refractivity contribution is -0.135.